The van der Waals surface area contributed by atoms with Crippen LogP contribution in [0.1, 0.15) is 71.5 Å². The number of carbonyl (C=O) groups excluding carboxylic acids is 2. The van der Waals surface area contributed by atoms with Gasteiger partial charge in [0.25, 0.3) is 0 Å². The summed E-state index contributed by atoms with van der Waals surface area (Å²) in [6.45, 7) is 17.1. The molecule has 4 heterocycles. The topological polar surface area (TPSA) is 122 Å². The normalized spacial score (nSPS) is 12.8. The molecule has 1 amide bonds. The number of ether oxygens (including phenoxy) is 2. The van der Waals surface area contributed by atoms with Crippen LogP contribution in [0.15, 0.2) is 35.8 Å². The predicted octanol–water partition coefficient (Wildman–Crippen LogP) is 6.29. The maximum Gasteiger partial charge on any atom is 0.435 e. The first kappa shape index (κ1) is 31.9. The number of amides is 1. The fourth-order valence-electron chi connectivity index (χ4n) is 4.76. The minimum absolute atomic E-state index is 0.346. The van der Waals surface area contributed by atoms with Crippen molar-refractivity contribution in [3.05, 3.63) is 52.8 Å². The van der Waals surface area contributed by atoms with Crippen molar-refractivity contribution in [3.8, 4) is 11.3 Å². The zero-order chi connectivity index (χ0) is 31.9. The van der Waals surface area contributed by atoms with Crippen molar-refractivity contribution in [1.29, 1.82) is 0 Å². The van der Waals surface area contributed by atoms with Crippen molar-refractivity contribution >= 4 is 45.1 Å². The van der Waals surface area contributed by atoms with Crippen LogP contribution in [-0.2, 0) is 30.0 Å². The summed E-state index contributed by atoms with van der Waals surface area (Å²) in [4.78, 5) is 32.7. The Morgan fingerprint density at radius 2 is 1.77 bits per heavy atom. The van der Waals surface area contributed by atoms with Gasteiger partial charge < -0.3 is 9.47 Å². The third-order valence-corrected chi connectivity index (χ3v) is 7.17. The second-order valence-electron chi connectivity index (χ2n) is 12.3. The summed E-state index contributed by atoms with van der Waals surface area (Å²) >= 11 is 3.48. The molecule has 0 radical (unpaired) electrons. The molecule has 0 unspecified atom stereocenters. The lowest BCUT2D eigenvalue weighted by Gasteiger charge is -2.32. The van der Waals surface area contributed by atoms with E-state index in [2.05, 4.69) is 42.8 Å². The molecule has 0 saturated carbocycles. The third-order valence-electron chi connectivity index (χ3n) is 6.59. The van der Waals surface area contributed by atoms with Gasteiger partial charge in [-0.2, -0.15) is 20.0 Å². The van der Waals surface area contributed by atoms with Crippen LogP contribution in [0.25, 0.3) is 28.2 Å². The Balaban J connectivity index is 1.72. The maximum atomic E-state index is 13.6. The Hall–Kier alpha value is -4.00. The molecule has 4 aromatic rings. The first-order valence-electron chi connectivity index (χ1n) is 13.9. The summed E-state index contributed by atoms with van der Waals surface area (Å²) in [6.07, 6.45) is 6.40. The van der Waals surface area contributed by atoms with E-state index in [0.29, 0.717) is 34.2 Å². The van der Waals surface area contributed by atoms with Gasteiger partial charge in [-0.15, -0.1) is 0 Å². The second kappa shape index (κ2) is 11.9. The van der Waals surface area contributed by atoms with E-state index in [9.17, 15) is 9.59 Å². The van der Waals surface area contributed by atoms with Gasteiger partial charge in [0.15, 0.2) is 0 Å². The van der Waals surface area contributed by atoms with Gasteiger partial charge in [-0.05, 0) is 70.5 Å². The summed E-state index contributed by atoms with van der Waals surface area (Å²) in [6, 6.07) is 1.39. The first-order valence-corrected chi connectivity index (χ1v) is 14.7. The number of halogens is 1. The minimum Gasteiger partial charge on any atom is -0.444 e. The van der Waals surface area contributed by atoms with Crippen molar-refractivity contribution in [2.45, 2.75) is 72.1 Å². The van der Waals surface area contributed by atoms with Crippen LogP contribution in [0.3, 0.4) is 0 Å². The van der Waals surface area contributed by atoms with Crippen LogP contribution in [-0.4, -0.2) is 69.2 Å². The van der Waals surface area contributed by atoms with Gasteiger partial charge in [-0.25, -0.2) is 9.59 Å². The quantitative estimate of drug-likeness (QED) is 0.228. The highest BCUT2D eigenvalue weighted by Crippen LogP contribution is 2.34. The Labute approximate surface area is 259 Å². The highest BCUT2D eigenvalue weighted by molar-refractivity contribution is 9.10. The van der Waals surface area contributed by atoms with Crippen LogP contribution >= 0.6 is 15.9 Å². The molecule has 1 atom stereocenters. The van der Waals surface area contributed by atoms with E-state index in [1.165, 1.54) is 4.68 Å². The molecule has 0 aliphatic carbocycles. The number of fused-ring (bicyclic) bond motifs is 1. The van der Waals surface area contributed by atoms with Crippen molar-refractivity contribution in [2.24, 2.45) is 14.1 Å². The fourth-order valence-corrected chi connectivity index (χ4v) is 5.24. The summed E-state index contributed by atoms with van der Waals surface area (Å²) < 4.78 is 16.5. The Kier molecular flexibility index (Phi) is 8.87. The standard InChI is InChI=1S/C30H39BrN8O4/c1-11-19-17-36(9)34-22(19)12-13-38(27(40)42-29(3,4)5)18(2)25-21(15-33-37(25)10)23-14-20-24(16-32-23)39(35-26(20)31)28(41)43-30(6,7)8/h11,14-18H,1,12-13H2,2-10H3/t18-/m1/s1. The smallest absolute Gasteiger partial charge is 0.435 e. The number of hydrogen-bond acceptors (Lipinski definition) is 8. The number of rotatable bonds is 7. The van der Waals surface area contributed by atoms with Gasteiger partial charge in [-0.1, -0.05) is 12.7 Å². The van der Waals surface area contributed by atoms with Crippen LogP contribution in [0, 0.1) is 0 Å². The Morgan fingerprint density at radius 3 is 2.40 bits per heavy atom. The SMILES string of the molecule is C=Cc1cn(C)nc1CCN(C(=O)OC(C)(C)C)[C@H](C)c1c(-c2cc3c(Br)nn(C(=O)OC(C)(C)C)c3cn2)cnn1C. The zero-order valence-corrected chi connectivity index (χ0v) is 27.8. The second-order valence-corrected chi connectivity index (χ2v) is 13.1. The van der Waals surface area contributed by atoms with Gasteiger partial charge >= 0.3 is 12.2 Å². The van der Waals surface area contributed by atoms with Crippen molar-refractivity contribution < 1.29 is 19.1 Å². The van der Waals surface area contributed by atoms with Gasteiger partial charge in [0.1, 0.15) is 21.3 Å². The average molecular weight is 656 g/mol. The summed E-state index contributed by atoms with van der Waals surface area (Å²) in [5.41, 5.74) is 2.97. The van der Waals surface area contributed by atoms with Gasteiger partial charge in [0, 0.05) is 49.8 Å². The van der Waals surface area contributed by atoms with Crippen molar-refractivity contribution in [1.82, 2.24) is 39.2 Å². The van der Waals surface area contributed by atoms with Crippen molar-refractivity contribution in [2.75, 3.05) is 6.54 Å². The molecule has 4 aromatic heterocycles. The first-order chi connectivity index (χ1) is 20.0. The molecule has 0 N–H and O–H groups in total. The Bertz CT molecular complexity index is 1670. The minimum atomic E-state index is -0.686. The third kappa shape index (κ3) is 7.15. The number of aromatic nitrogens is 7. The fraction of sp³-hybridized carbons (Fsp3) is 0.467. The Morgan fingerprint density at radius 1 is 1.09 bits per heavy atom. The largest absolute Gasteiger partial charge is 0.444 e. The molecule has 0 spiro atoms. The molecule has 0 fully saturated rings. The van der Waals surface area contributed by atoms with Gasteiger partial charge in [0.2, 0.25) is 0 Å². The highest BCUT2D eigenvalue weighted by Gasteiger charge is 2.31. The lowest BCUT2D eigenvalue weighted by molar-refractivity contribution is 0.0169. The number of pyridine rings is 1. The molecule has 0 aliphatic rings. The lowest BCUT2D eigenvalue weighted by atomic mass is 10.0. The molecule has 0 aliphatic heterocycles. The summed E-state index contributed by atoms with van der Waals surface area (Å²) in [5, 5.41) is 14.1. The molecule has 0 bridgehead atoms. The number of carbonyl (C=O) groups is 2. The van der Waals surface area contributed by atoms with E-state index in [0.717, 1.165) is 22.5 Å². The highest BCUT2D eigenvalue weighted by atomic mass is 79.9. The summed E-state index contributed by atoms with van der Waals surface area (Å²) in [5.74, 6) is 0. The van der Waals surface area contributed by atoms with Crippen molar-refractivity contribution in [3.63, 3.8) is 0 Å². The van der Waals surface area contributed by atoms with Crippen LogP contribution < -0.4 is 0 Å². The number of aryl methyl sites for hydroxylation is 2. The molecule has 0 saturated heterocycles. The molecular formula is C30H39BrN8O4. The maximum absolute atomic E-state index is 13.6. The molecule has 12 nitrogen and oxygen atoms in total. The monoisotopic (exact) mass is 654 g/mol. The lowest BCUT2D eigenvalue weighted by Crippen LogP contribution is -2.40. The number of hydrogen-bond donors (Lipinski definition) is 0. The van der Waals surface area contributed by atoms with E-state index >= 15 is 0 Å². The molecule has 43 heavy (non-hydrogen) atoms. The average Bonchev–Trinajstić information content (AvgIpc) is 3.56. The van der Waals surface area contributed by atoms with E-state index in [-0.39, 0.29) is 0 Å². The van der Waals surface area contributed by atoms with E-state index in [1.807, 2.05) is 54.1 Å². The molecule has 0 aromatic carbocycles. The van der Waals surface area contributed by atoms with E-state index in [4.69, 9.17) is 9.47 Å². The molecular weight excluding hydrogens is 616 g/mol. The number of nitrogens with zero attached hydrogens (tertiary/aromatic N) is 8. The van der Waals surface area contributed by atoms with E-state index < -0.39 is 29.4 Å². The molecule has 4 rings (SSSR count). The van der Waals surface area contributed by atoms with E-state index in [1.54, 1.807) is 53.5 Å². The summed E-state index contributed by atoms with van der Waals surface area (Å²) in [7, 11) is 3.68. The van der Waals surface area contributed by atoms with Gasteiger partial charge in [-0.3, -0.25) is 19.2 Å². The predicted molar refractivity (Wildman–Crippen MR) is 167 cm³/mol. The molecule has 230 valence electrons. The van der Waals surface area contributed by atoms with Gasteiger partial charge in [0.05, 0.1) is 35.5 Å². The zero-order valence-electron chi connectivity index (χ0n) is 26.2. The van der Waals surface area contributed by atoms with Crippen LogP contribution in [0.2, 0.25) is 0 Å². The molecule has 13 heteroatoms. The van der Waals surface area contributed by atoms with Crippen LogP contribution in [0.5, 0.6) is 0 Å². The van der Waals surface area contributed by atoms with Crippen LogP contribution in [0.4, 0.5) is 9.59 Å².